The molecule has 0 aliphatic carbocycles. The molecular weight excluding hydrogens is 342 g/mol. The molecule has 2 rings (SSSR count). The number of hydrogen-bond donors (Lipinski definition) is 0. The van der Waals surface area contributed by atoms with Gasteiger partial charge in [0.15, 0.2) is 5.52 Å². The number of rotatable bonds is 9. The van der Waals surface area contributed by atoms with Crippen LogP contribution >= 0.6 is 8.58 Å². The number of carbonyl (C=O) groups excluding carboxylic acids is 1. The third kappa shape index (κ3) is 6.36. The van der Waals surface area contributed by atoms with E-state index in [0.29, 0.717) is 29.6 Å². The van der Waals surface area contributed by atoms with Crippen molar-refractivity contribution in [1.82, 2.24) is 0 Å². The van der Waals surface area contributed by atoms with Crippen LogP contribution in [0.4, 0.5) is 0 Å². The molecule has 1 atom stereocenters. The molecule has 0 fully saturated rings. The van der Waals surface area contributed by atoms with Crippen LogP contribution in [-0.2, 0) is 0 Å². The summed E-state index contributed by atoms with van der Waals surface area (Å²) in [6, 6.07) is 13.0. The molecule has 0 heterocycles. The van der Waals surface area contributed by atoms with Gasteiger partial charge in [-0.15, -0.1) is 0 Å². The molecule has 0 saturated carbocycles. The van der Waals surface area contributed by atoms with Gasteiger partial charge >= 0.3 is 18.9 Å². The van der Waals surface area contributed by atoms with E-state index in [2.05, 4.69) is 13.8 Å². The first kappa shape index (κ1) is 22.6. The predicted molar refractivity (Wildman–Crippen MR) is 103 cm³/mol. The van der Waals surface area contributed by atoms with Crippen LogP contribution in [0.5, 0.6) is 17.2 Å². The molecule has 0 N–H and O–H groups in total. The molecule has 0 radical (unpaired) electrons. The van der Waals surface area contributed by atoms with E-state index in [1.165, 1.54) is 0 Å². The van der Waals surface area contributed by atoms with E-state index >= 15 is 0 Å². The van der Waals surface area contributed by atoms with Crippen molar-refractivity contribution in [3.63, 3.8) is 0 Å². The fraction of sp³-hybridized carbons (Fsp3) is 0.350. The third-order valence-electron chi connectivity index (χ3n) is 3.73. The molecular formula is C20H25LiO4P+. The average molecular weight is 367 g/mol. The molecule has 0 amide bonds. The van der Waals surface area contributed by atoms with Crippen LogP contribution in [0.15, 0.2) is 42.5 Å². The normalized spacial score (nSPS) is 10.7. The minimum atomic E-state index is -0.0113. The summed E-state index contributed by atoms with van der Waals surface area (Å²) < 4.78 is 16.3. The minimum absolute atomic E-state index is 0. The molecule has 0 aliphatic heterocycles. The summed E-state index contributed by atoms with van der Waals surface area (Å²) in [6.07, 6.45) is 1.02. The number of carbonyl (C=O) groups is 1. The maximum atomic E-state index is 12.7. The molecule has 0 spiro atoms. The summed E-state index contributed by atoms with van der Waals surface area (Å²) in [6.45, 7) is 5.05. The maximum absolute atomic E-state index is 12.7. The van der Waals surface area contributed by atoms with Crippen LogP contribution in [0.2, 0.25) is 0 Å². The van der Waals surface area contributed by atoms with Gasteiger partial charge in [0.05, 0.1) is 20.8 Å². The average Bonchev–Trinajstić information content (AvgIpc) is 2.62. The van der Waals surface area contributed by atoms with E-state index in [1.54, 1.807) is 32.4 Å². The van der Waals surface area contributed by atoms with Gasteiger partial charge < -0.3 is 14.2 Å². The van der Waals surface area contributed by atoms with E-state index in [1.807, 2.05) is 24.3 Å². The zero-order valence-corrected chi connectivity index (χ0v) is 17.2. The molecule has 6 heteroatoms. The van der Waals surface area contributed by atoms with Crippen molar-refractivity contribution in [3.05, 3.63) is 48.0 Å². The number of ether oxygens (including phenoxy) is 3. The van der Waals surface area contributed by atoms with E-state index < -0.39 is 0 Å². The molecule has 26 heavy (non-hydrogen) atoms. The Hall–Kier alpha value is -1.46. The van der Waals surface area contributed by atoms with Gasteiger partial charge in [0.2, 0.25) is 0 Å². The van der Waals surface area contributed by atoms with Gasteiger partial charge in [-0.3, -0.25) is 4.79 Å². The van der Waals surface area contributed by atoms with E-state index in [9.17, 15) is 4.79 Å². The monoisotopic (exact) mass is 367 g/mol. The Morgan fingerprint density at radius 2 is 1.58 bits per heavy atom. The summed E-state index contributed by atoms with van der Waals surface area (Å²) in [5.74, 6) is 2.52. The van der Waals surface area contributed by atoms with Crippen molar-refractivity contribution in [3.8, 4) is 17.2 Å². The van der Waals surface area contributed by atoms with Crippen molar-refractivity contribution in [2.24, 2.45) is 5.92 Å². The molecule has 0 aliphatic rings. The molecule has 4 nitrogen and oxygen atoms in total. The van der Waals surface area contributed by atoms with Crippen LogP contribution in [0, 0.1) is 5.92 Å². The maximum Gasteiger partial charge on any atom is 1.00 e. The quantitative estimate of drug-likeness (QED) is 0.495. The van der Waals surface area contributed by atoms with Crippen molar-refractivity contribution >= 4 is 19.4 Å². The second kappa shape index (κ2) is 11.3. The van der Waals surface area contributed by atoms with Gasteiger partial charge in [0.1, 0.15) is 22.8 Å². The predicted octanol–water partition coefficient (Wildman–Crippen LogP) is 1.28. The third-order valence-corrected chi connectivity index (χ3v) is 4.83. The number of hydrogen-bond acceptors (Lipinski definition) is 4. The zero-order valence-electron chi connectivity index (χ0n) is 16.2. The number of methoxy groups -OCH3 is 2. The fourth-order valence-electron chi connectivity index (χ4n) is 2.32. The second-order valence-electron chi connectivity index (χ2n) is 6.05. The Balaban J connectivity index is 0.00000338. The first-order chi connectivity index (χ1) is 12.0. The zero-order chi connectivity index (χ0) is 18.2. The SMILES string of the molecule is COc1cccc(OC)c1C(=O)Pc1ccc(OCCC(C)C)cc1.[Li+]. The minimum Gasteiger partial charge on any atom is -0.496 e. The van der Waals surface area contributed by atoms with E-state index in [0.717, 1.165) is 17.5 Å². The standard InChI is InChI=1S/C20H25O4P.Li/c1-14(2)12-13-24-15-8-10-16(11-9-15)25-20(21)19-17(22-3)6-5-7-18(19)23-4;/h5-11,14,25H,12-13H2,1-4H3;/q;+1. The topological polar surface area (TPSA) is 44.8 Å². The van der Waals surface area contributed by atoms with Gasteiger partial charge in [-0.2, -0.15) is 0 Å². The summed E-state index contributed by atoms with van der Waals surface area (Å²) in [4.78, 5) is 12.7. The van der Waals surface area contributed by atoms with E-state index in [4.69, 9.17) is 14.2 Å². The van der Waals surface area contributed by atoms with Gasteiger partial charge in [0, 0.05) is 0 Å². The Bertz CT molecular complexity index is 679. The van der Waals surface area contributed by atoms with Gasteiger partial charge in [-0.1, -0.05) is 32.0 Å². The van der Waals surface area contributed by atoms with Gasteiger partial charge in [-0.05, 0) is 50.5 Å². The Kier molecular flexibility index (Phi) is 9.81. The van der Waals surface area contributed by atoms with Crippen molar-refractivity contribution < 1.29 is 37.9 Å². The summed E-state index contributed by atoms with van der Waals surface area (Å²) in [5, 5.41) is 0.953. The summed E-state index contributed by atoms with van der Waals surface area (Å²) in [7, 11) is 3.10. The van der Waals surface area contributed by atoms with Gasteiger partial charge in [0.25, 0.3) is 0 Å². The smallest absolute Gasteiger partial charge is 0.496 e. The summed E-state index contributed by atoms with van der Waals surface area (Å²) in [5.41, 5.74) is 0.478. The first-order valence-electron chi connectivity index (χ1n) is 8.30. The van der Waals surface area contributed by atoms with Crippen molar-refractivity contribution in [2.45, 2.75) is 20.3 Å². The fourth-order valence-corrected chi connectivity index (χ4v) is 3.28. The largest absolute Gasteiger partial charge is 1.00 e. The molecule has 0 aromatic heterocycles. The van der Waals surface area contributed by atoms with Crippen molar-refractivity contribution in [1.29, 1.82) is 0 Å². The van der Waals surface area contributed by atoms with Crippen LogP contribution in [0.1, 0.15) is 30.6 Å². The number of benzene rings is 2. The van der Waals surface area contributed by atoms with Gasteiger partial charge in [-0.25, -0.2) is 0 Å². The van der Waals surface area contributed by atoms with Crippen molar-refractivity contribution in [2.75, 3.05) is 20.8 Å². The van der Waals surface area contributed by atoms with Crippen LogP contribution < -0.4 is 38.4 Å². The molecule has 1 unspecified atom stereocenters. The Labute approximate surface area is 169 Å². The molecule has 2 aromatic carbocycles. The van der Waals surface area contributed by atoms with Crippen LogP contribution in [-0.4, -0.2) is 26.4 Å². The molecule has 134 valence electrons. The Morgan fingerprint density at radius 3 is 2.08 bits per heavy atom. The molecule has 0 bridgehead atoms. The summed E-state index contributed by atoms with van der Waals surface area (Å²) >= 11 is 0. The van der Waals surface area contributed by atoms with Crippen LogP contribution in [0.3, 0.4) is 0 Å². The second-order valence-corrected chi connectivity index (χ2v) is 7.33. The molecule has 2 aromatic rings. The molecule has 0 saturated heterocycles. The van der Waals surface area contributed by atoms with E-state index in [-0.39, 0.29) is 33.0 Å². The Morgan fingerprint density at radius 1 is 1.00 bits per heavy atom. The first-order valence-corrected chi connectivity index (χ1v) is 9.30. The van der Waals surface area contributed by atoms with Crippen LogP contribution in [0.25, 0.3) is 0 Å².